The predicted molar refractivity (Wildman–Crippen MR) is 97.3 cm³/mol. The van der Waals surface area contributed by atoms with Crippen molar-refractivity contribution in [2.24, 2.45) is 5.10 Å². The molecule has 0 bridgehead atoms. The molecule has 3 rings (SSSR count). The van der Waals surface area contributed by atoms with E-state index < -0.39 is 0 Å². The topological polar surface area (TPSA) is 107 Å². The maximum Gasteiger partial charge on any atom is 0.335 e. The molecule has 0 spiro atoms. The second-order valence-corrected chi connectivity index (χ2v) is 6.11. The van der Waals surface area contributed by atoms with Crippen molar-refractivity contribution < 1.29 is 14.3 Å². The van der Waals surface area contributed by atoms with Crippen molar-refractivity contribution in [2.75, 3.05) is 52.4 Å². The Morgan fingerprint density at radius 3 is 2.69 bits per heavy atom. The highest BCUT2D eigenvalue weighted by molar-refractivity contribution is 6.05. The Labute approximate surface area is 152 Å². The Morgan fingerprint density at radius 2 is 2.00 bits per heavy atom. The van der Waals surface area contributed by atoms with Gasteiger partial charge >= 0.3 is 6.03 Å². The molecule has 0 aromatic heterocycles. The van der Waals surface area contributed by atoms with Crippen LogP contribution < -0.4 is 26.1 Å². The molecule has 2 aliphatic rings. The molecule has 9 heteroatoms. The van der Waals surface area contributed by atoms with Gasteiger partial charge in [-0.15, -0.1) is 0 Å². The summed E-state index contributed by atoms with van der Waals surface area (Å²) in [6, 6.07) is 6.94. The van der Waals surface area contributed by atoms with E-state index >= 15 is 0 Å². The molecule has 3 amide bonds. The number of piperazine rings is 1. The van der Waals surface area contributed by atoms with Gasteiger partial charge < -0.3 is 20.7 Å². The molecule has 9 nitrogen and oxygen atoms in total. The van der Waals surface area contributed by atoms with Crippen LogP contribution in [-0.4, -0.2) is 75.0 Å². The van der Waals surface area contributed by atoms with E-state index in [-0.39, 0.29) is 18.5 Å². The Kier molecular flexibility index (Phi) is 6.39. The molecule has 0 unspecified atom stereocenters. The first kappa shape index (κ1) is 18.2. The average Bonchev–Trinajstić information content (AvgIpc) is 2.68. The van der Waals surface area contributed by atoms with Crippen molar-refractivity contribution in [3.63, 3.8) is 0 Å². The van der Waals surface area contributed by atoms with E-state index in [1.165, 1.54) is 0 Å². The largest absolute Gasteiger partial charge is 0.484 e. The maximum atomic E-state index is 11.9. The highest BCUT2D eigenvalue weighted by Crippen LogP contribution is 2.13. The van der Waals surface area contributed by atoms with Crippen molar-refractivity contribution >= 4 is 17.6 Å². The average molecular weight is 360 g/mol. The molecule has 4 N–H and O–H groups in total. The van der Waals surface area contributed by atoms with Gasteiger partial charge in [0.2, 0.25) is 0 Å². The van der Waals surface area contributed by atoms with Gasteiger partial charge in [-0.2, -0.15) is 5.10 Å². The van der Waals surface area contributed by atoms with Gasteiger partial charge in [0.1, 0.15) is 5.75 Å². The van der Waals surface area contributed by atoms with Gasteiger partial charge in [-0.25, -0.2) is 10.2 Å². The van der Waals surface area contributed by atoms with E-state index in [2.05, 4.69) is 31.4 Å². The number of hydrogen-bond acceptors (Lipinski definition) is 6. The number of rotatable bonds is 7. The summed E-state index contributed by atoms with van der Waals surface area (Å²) in [5.74, 6) is 0.479. The third kappa shape index (κ3) is 5.43. The van der Waals surface area contributed by atoms with Crippen molar-refractivity contribution in [3.05, 3.63) is 29.8 Å². The van der Waals surface area contributed by atoms with Gasteiger partial charge in [-0.05, 0) is 29.8 Å². The van der Waals surface area contributed by atoms with Crippen LogP contribution in [0.15, 0.2) is 29.4 Å². The first-order chi connectivity index (χ1) is 12.7. The van der Waals surface area contributed by atoms with Crippen LogP contribution in [0.5, 0.6) is 5.75 Å². The Morgan fingerprint density at radius 1 is 1.23 bits per heavy atom. The van der Waals surface area contributed by atoms with E-state index in [0.29, 0.717) is 18.8 Å². The highest BCUT2D eigenvalue weighted by atomic mass is 16.5. The second kappa shape index (κ2) is 9.16. The molecule has 26 heavy (non-hydrogen) atoms. The first-order valence-corrected chi connectivity index (χ1v) is 8.74. The van der Waals surface area contributed by atoms with E-state index in [4.69, 9.17) is 4.74 Å². The van der Waals surface area contributed by atoms with Crippen LogP contribution in [0.25, 0.3) is 0 Å². The lowest BCUT2D eigenvalue weighted by Gasteiger charge is -2.27. The molecule has 0 saturated carbocycles. The molecule has 1 aromatic rings. The van der Waals surface area contributed by atoms with Gasteiger partial charge in [0.05, 0.1) is 12.3 Å². The van der Waals surface area contributed by atoms with E-state index in [9.17, 15) is 9.59 Å². The zero-order valence-electron chi connectivity index (χ0n) is 14.6. The lowest BCUT2D eigenvalue weighted by molar-refractivity contribution is -0.123. The summed E-state index contributed by atoms with van der Waals surface area (Å²) < 4.78 is 5.51. The molecule has 0 atom stereocenters. The SMILES string of the molecule is O=C(COc1ccc(C2=NNC(=O)NC2)cc1)NCCN1CCNCC1. The fraction of sp³-hybridized carbons (Fsp3) is 0.471. The van der Waals surface area contributed by atoms with Crippen LogP contribution in [-0.2, 0) is 4.79 Å². The van der Waals surface area contributed by atoms with Crippen LogP contribution in [0, 0.1) is 0 Å². The van der Waals surface area contributed by atoms with Crippen molar-refractivity contribution in [1.29, 1.82) is 0 Å². The van der Waals surface area contributed by atoms with Crippen LogP contribution in [0.1, 0.15) is 5.56 Å². The third-order valence-corrected chi connectivity index (χ3v) is 4.23. The molecule has 1 fully saturated rings. The van der Waals surface area contributed by atoms with Crippen LogP contribution in [0.2, 0.25) is 0 Å². The minimum absolute atomic E-state index is 0.0144. The van der Waals surface area contributed by atoms with Crippen molar-refractivity contribution in [3.8, 4) is 5.75 Å². The van der Waals surface area contributed by atoms with E-state index in [0.717, 1.165) is 44.0 Å². The number of hydrogen-bond donors (Lipinski definition) is 4. The quantitative estimate of drug-likeness (QED) is 0.504. The first-order valence-electron chi connectivity index (χ1n) is 8.74. The fourth-order valence-corrected chi connectivity index (χ4v) is 2.76. The van der Waals surface area contributed by atoms with Crippen LogP contribution in [0.3, 0.4) is 0 Å². The van der Waals surface area contributed by atoms with E-state index in [1.807, 2.05) is 12.1 Å². The predicted octanol–water partition coefficient (Wildman–Crippen LogP) is -0.896. The smallest absolute Gasteiger partial charge is 0.335 e. The summed E-state index contributed by atoms with van der Waals surface area (Å²) in [6.45, 7) is 5.88. The van der Waals surface area contributed by atoms with Gasteiger partial charge in [-0.3, -0.25) is 9.69 Å². The van der Waals surface area contributed by atoms with Gasteiger partial charge in [0.25, 0.3) is 5.91 Å². The monoisotopic (exact) mass is 360 g/mol. The van der Waals surface area contributed by atoms with Crippen LogP contribution in [0.4, 0.5) is 4.79 Å². The Balaban J connectivity index is 1.37. The number of amides is 3. The number of hydrazone groups is 1. The molecule has 1 aromatic carbocycles. The van der Waals surface area contributed by atoms with Gasteiger partial charge in [0, 0.05) is 39.3 Å². The van der Waals surface area contributed by atoms with Crippen molar-refractivity contribution in [1.82, 2.24) is 26.3 Å². The molecule has 2 heterocycles. The molecule has 0 radical (unpaired) electrons. The summed E-state index contributed by atoms with van der Waals surface area (Å²) in [7, 11) is 0. The number of nitrogens with zero attached hydrogens (tertiary/aromatic N) is 2. The standard InChI is InChI=1S/C17H24N6O3/c24-16(19-7-10-23-8-5-18-6-9-23)12-26-14-3-1-13(2-4-14)15-11-20-17(25)22-21-15/h1-4,18H,5-12H2,(H,19,24)(H2,20,22,25). The number of nitrogens with one attached hydrogen (secondary N) is 4. The molecular formula is C17H24N6O3. The number of carbonyl (C=O) groups excluding carboxylic acids is 2. The summed E-state index contributed by atoms with van der Waals surface area (Å²) in [5.41, 5.74) is 3.99. The molecule has 140 valence electrons. The van der Waals surface area contributed by atoms with Crippen LogP contribution >= 0.6 is 0 Å². The van der Waals surface area contributed by atoms with Gasteiger partial charge in [0.15, 0.2) is 6.61 Å². The van der Waals surface area contributed by atoms with Crippen molar-refractivity contribution in [2.45, 2.75) is 0 Å². The Bertz CT molecular complexity index is 655. The molecule has 1 saturated heterocycles. The van der Waals surface area contributed by atoms with Gasteiger partial charge in [-0.1, -0.05) is 0 Å². The highest BCUT2D eigenvalue weighted by Gasteiger charge is 2.12. The zero-order chi connectivity index (χ0) is 18.2. The third-order valence-electron chi connectivity index (χ3n) is 4.23. The summed E-state index contributed by atoms with van der Waals surface area (Å²) in [5, 5.41) is 12.8. The minimum Gasteiger partial charge on any atom is -0.484 e. The van der Waals surface area contributed by atoms with E-state index in [1.54, 1.807) is 12.1 Å². The number of benzene rings is 1. The number of urea groups is 1. The lowest BCUT2D eigenvalue weighted by atomic mass is 10.1. The number of carbonyl (C=O) groups is 2. The molecule has 0 aliphatic carbocycles. The normalized spacial score (nSPS) is 17.7. The molecule has 2 aliphatic heterocycles. The lowest BCUT2D eigenvalue weighted by Crippen LogP contribution is -2.46. The summed E-state index contributed by atoms with van der Waals surface area (Å²) in [6.07, 6.45) is 0. The zero-order valence-corrected chi connectivity index (χ0v) is 14.6. The Hall–Kier alpha value is -2.65. The maximum absolute atomic E-state index is 11.9. The number of ether oxygens (including phenoxy) is 1. The fourth-order valence-electron chi connectivity index (χ4n) is 2.76. The second-order valence-electron chi connectivity index (χ2n) is 6.11. The molecular weight excluding hydrogens is 336 g/mol. The summed E-state index contributed by atoms with van der Waals surface area (Å²) in [4.78, 5) is 25.2. The minimum atomic E-state index is -0.309. The summed E-state index contributed by atoms with van der Waals surface area (Å²) >= 11 is 0.